The molecular weight excluding hydrogens is 329 g/mol. The fourth-order valence-corrected chi connectivity index (χ4v) is 4.39. The van der Waals surface area contributed by atoms with Gasteiger partial charge in [-0.25, -0.2) is 4.39 Å². The van der Waals surface area contributed by atoms with Gasteiger partial charge in [0, 0.05) is 24.3 Å². The number of halogens is 1. The highest BCUT2D eigenvalue weighted by molar-refractivity contribution is 5.98. The molecule has 138 valence electrons. The van der Waals surface area contributed by atoms with Crippen LogP contribution in [0.4, 0.5) is 10.1 Å². The van der Waals surface area contributed by atoms with Gasteiger partial charge in [0.05, 0.1) is 5.69 Å². The topological polar surface area (TPSA) is 38.1 Å². The zero-order chi connectivity index (χ0) is 18.3. The molecule has 5 heteroatoms. The summed E-state index contributed by atoms with van der Waals surface area (Å²) in [6.45, 7) is 4.13. The summed E-state index contributed by atoms with van der Waals surface area (Å²) in [5, 5.41) is 4.75. The minimum atomic E-state index is -0.252. The Morgan fingerprint density at radius 2 is 1.77 bits per heavy atom. The fraction of sp³-hybridized carbons (Fsp3) is 0.524. The molecule has 26 heavy (non-hydrogen) atoms. The molecule has 2 aromatic rings. The molecule has 1 aliphatic carbocycles. The Labute approximate surface area is 154 Å². The van der Waals surface area contributed by atoms with Crippen molar-refractivity contribution in [3.05, 3.63) is 47.0 Å². The van der Waals surface area contributed by atoms with Crippen LogP contribution < -0.4 is 4.90 Å². The van der Waals surface area contributed by atoms with E-state index in [1.54, 1.807) is 30.9 Å². The van der Waals surface area contributed by atoms with Gasteiger partial charge in [0.2, 0.25) is 0 Å². The number of rotatable bonds is 3. The molecule has 0 radical (unpaired) electrons. The molecule has 1 aromatic carbocycles. The third kappa shape index (κ3) is 3.04. The molecule has 2 fully saturated rings. The largest absolute Gasteiger partial charge is 0.310 e. The van der Waals surface area contributed by atoms with E-state index in [9.17, 15) is 9.18 Å². The van der Waals surface area contributed by atoms with Crippen LogP contribution in [0.3, 0.4) is 0 Å². The summed E-state index contributed by atoms with van der Waals surface area (Å²) < 4.78 is 15.7. The van der Waals surface area contributed by atoms with E-state index in [4.69, 9.17) is 5.10 Å². The summed E-state index contributed by atoms with van der Waals surface area (Å²) in [6, 6.07) is 5.36. The second-order valence-corrected chi connectivity index (χ2v) is 7.74. The number of carbonyl (C=O) groups excluding carboxylic acids is 1. The number of amides is 1. The first-order valence-corrected chi connectivity index (χ1v) is 9.68. The Hall–Kier alpha value is -2.17. The zero-order valence-corrected chi connectivity index (χ0v) is 15.5. The van der Waals surface area contributed by atoms with Crippen LogP contribution in [0.5, 0.6) is 0 Å². The van der Waals surface area contributed by atoms with E-state index in [1.165, 1.54) is 32.1 Å². The normalized spacial score (nSPS) is 21.6. The zero-order valence-electron chi connectivity index (χ0n) is 15.5. The van der Waals surface area contributed by atoms with E-state index in [2.05, 4.69) is 6.07 Å². The van der Waals surface area contributed by atoms with Crippen LogP contribution in [0, 0.1) is 19.7 Å². The quantitative estimate of drug-likeness (QED) is 0.803. The first kappa shape index (κ1) is 17.3. The maximum atomic E-state index is 13.9. The molecule has 1 unspecified atom stereocenters. The maximum absolute atomic E-state index is 13.9. The molecule has 4 rings (SSSR count). The van der Waals surface area contributed by atoms with Crippen LogP contribution in [0.2, 0.25) is 0 Å². The summed E-state index contributed by atoms with van der Waals surface area (Å²) in [7, 11) is 0. The van der Waals surface area contributed by atoms with E-state index >= 15 is 0 Å². The molecule has 0 bridgehead atoms. The van der Waals surface area contributed by atoms with Crippen molar-refractivity contribution in [2.45, 2.75) is 64.3 Å². The number of nitrogens with zero attached hydrogens (tertiary/aromatic N) is 3. The van der Waals surface area contributed by atoms with Crippen LogP contribution in [-0.4, -0.2) is 22.2 Å². The van der Waals surface area contributed by atoms with Crippen LogP contribution in [0.25, 0.3) is 0 Å². The molecule has 1 aromatic heterocycles. The molecule has 2 heterocycles. The average Bonchev–Trinajstić information content (AvgIpc) is 3.27. The van der Waals surface area contributed by atoms with Crippen molar-refractivity contribution in [2.75, 3.05) is 11.4 Å². The third-order valence-electron chi connectivity index (χ3n) is 5.88. The van der Waals surface area contributed by atoms with E-state index in [0.29, 0.717) is 23.6 Å². The van der Waals surface area contributed by atoms with E-state index in [-0.39, 0.29) is 17.8 Å². The predicted molar refractivity (Wildman–Crippen MR) is 99.9 cm³/mol. The molecule has 1 aliphatic heterocycles. The van der Waals surface area contributed by atoms with Crippen molar-refractivity contribution in [1.82, 2.24) is 9.78 Å². The molecule has 0 spiro atoms. The summed E-state index contributed by atoms with van der Waals surface area (Å²) in [6.07, 6.45) is 8.97. The van der Waals surface area contributed by atoms with E-state index in [1.807, 2.05) is 10.9 Å². The van der Waals surface area contributed by atoms with Crippen LogP contribution in [0.15, 0.2) is 24.4 Å². The lowest BCUT2D eigenvalue weighted by molar-refractivity contribution is -0.120. The van der Waals surface area contributed by atoms with Gasteiger partial charge < -0.3 is 4.90 Å². The number of hydrogen-bond acceptors (Lipinski definition) is 2. The van der Waals surface area contributed by atoms with Crippen molar-refractivity contribution in [1.29, 1.82) is 0 Å². The number of benzene rings is 1. The van der Waals surface area contributed by atoms with E-state index < -0.39 is 0 Å². The minimum Gasteiger partial charge on any atom is -0.310 e. The molecule has 1 saturated heterocycles. The second-order valence-electron chi connectivity index (χ2n) is 7.74. The van der Waals surface area contributed by atoms with Gasteiger partial charge in [-0.1, -0.05) is 19.3 Å². The summed E-state index contributed by atoms with van der Waals surface area (Å²) in [5.41, 5.74) is 3.07. The lowest BCUT2D eigenvalue weighted by atomic mass is 9.87. The standard InChI is InChI=1S/C21H26FN3O/c1-14-12-17(13-15(2)20(14)22)24-10-9-19(21(24)26)25-11-8-18(23-25)16-6-4-3-5-7-16/h8,11-13,16,19H,3-7,9-10H2,1-2H3. The maximum Gasteiger partial charge on any atom is 0.251 e. The third-order valence-corrected chi connectivity index (χ3v) is 5.88. The van der Waals surface area contributed by atoms with Crippen molar-refractivity contribution in [3.63, 3.8) is 0 Å². The van der Waals surface area contributed by atoms with Gasteiger partial charge in [-0.15, -0.1) is 0 Å². The highest BCUT2D eigenvalue weighted by Crippen LogP contribution is 2.34. The number of hydrogen-bond donors (Lipinski definition) is 0. The van der Waals surface area contributed by atoms with Gasteiger partial charge >= 0.3 is 0 Å². The van der Waals surface area contributed by atoms with Crippen LogP contribution in [-0.2, 0) is 4.79 Å². The highest BCUT2D eigenvalue weighted by atomic mass is 19.1. The van der Waals surface area contributed by atoms with Crippen LogP contribution >= 0.6 is 0 Å². The monoisotopic (exact) mass is 355 g/mol. The number of carbonyl (C=O) groups is 1. The fourth-order valence-electron chi connectivity index (χ4n) is 4.39. The predicted octanol–water partition coefficient (Wildman–Crippen LogP) is 4.66. The summed E-state index contributed by atoms with van der Waals surface area (Å²) in [4.78, 5) is 14.7. The number of anilines is 1. The van der Waals surface area contributed by atoms with Gasteiger partial charge in [-0.05, 0) is 62.4 Å². The van der Waals surface area contributed by atoms with Crippen molar-refractivity contribution >= 4 is 11.6 Å². The smallest absolute Gasteiger partial charge is 0.251 e. The van der Waals surface area contributed by atoms with Crippen molar-refractivity contribution in [2.24, 2.45) is 0 Å². The number of aromatic nitrogens is 2. The molecule has 0 N–H and O–H groups in total. The van der Waals surface area contributed by atoms with Gasteiger partial charge in [-0.3, -0.25) is 9.48 Å². The lowest BCUT2D eigenvalue weighted by Gasteiger charge is -2.20. The summed E-state index contributed by atoms with van der Waals surface area (Å²) in [5.74, 6) is 0.398. The first-order valence-electron chi connectivity index (χ1n) is 9.68. The molecule has 4 nitrogen and oxygen atoms in total. The molecular formula is C21H26FN3O. The molecule has 1 atom stereocenters. The Morgan fingerprint density at radius 3 is 2.46 bits per heavy atom. The van der Waals surface area contributed by atoms with Crippen LogP contribution in [0.1, 0.15) is 67.3 Å². The highest BCUT2D eigenvalue weighted by Gasteiger charge is 2.35. The molecule has 1 saturated carbocycles. The van der Waals surface area contributed by atoms with Gasteiger partial charge in [0.25, 0.3) is 5.91 Å². The lowest BCUT2D eigenvalue weighted by Crippen LogP contribution is -2.28. The SMILES string of the molecule is Cc1cc(N2CCC(n3ccc(C4CCCCC4)n3)C2=O)cc(C)c1F. The Morgan fingerprint density at radius 1 is 1.08 bits per heavy atom. The Balaban J connectivity index is 1.53. The molecule has 1 amide bonds. The molecule has 2 aliphatic rings. The second kappa shape index (κ2) is 6.86. The first-order chi connectivity index (χ1) is 12.5. The number of aryl methyl sites for hydroxylation is 2. The van der Waals surface area contributed by atoms with Crippen molar-refractivity contribution in [3.8, 4) is 0 Å². The van der Waals surface area contributed by atoms with Gasteiger partial charge in [0.15, 0.2) is 0 Å². The van der Waals surface area contributed by atoms with Crippen molar-refractivity contribution < 1.29 is 9.18 Å². The average molecular weight is 355 g/mol. The Bertz CT molecular complexity index is 799. The Kier molecular flexibility index (Phi) is 4.55. The van der Waals surface area contributed by atoms with Gasteiger partial charge in [0.1, 0.15) is 11.9 Å². The van der Waals surface area contributed by atoms with Gasteiger partial charge in [-0.2, -0.15) is 5.10 Å². The summed E-state index contributed by atoms with van der Waals surface area (Å²) >= 11 is 0. The minimum absolute atomic E-state index is 0.0497. The van der Waals surface area contributed by atoms with E-state index in [0.717, 1.165) is 17.8 Å².